The highest BCUT2D eigenvalue weighted by Crippen LogP contribution is 2.22. The van der Waals surface area contributed by atoms with E-state index in [1.165, 1.54) is 0 Å². The molecule has 6 heteroatoms. The Morgan fingerprint density at radius 3 is 2.91 bits per heavy atom. The summed E-state index contributed by atoms with van der Waals surface area (Å²) in [5.41, 5.74) is 1.56. The smallest absolute Gasteiger partial charge is 0.321 e. The first-order valence-corrected chi connectivity index (χ1v) is 8.46. The van der Waals surface area contributed by atoms with Gasteiger partial charge in [-0.15, -0.1) is 0 Å². The summed E-state index contributed by atoms with van der Waals surface area (Å²) in [4.78, 5) is 18.2. The number of rotatable bonds is 5. The molecule has 5 nitrogen and oxygen atoms in total. The van der Waals surface area contributed by atoms with Gasteiger partial charge in [0.25, 0.3) is 0 Å². The van der Waals surface area contributed by atoms with Crippen LogP contribution in [0.4, 0.5) is 10.5 Å². The third kappa shape index (κ3) is 4.04. The molecule has 0 spiro atoms. The molecule has 2 aromatic rings. The topological polar surface area (TPSA) is 58.4 Å². The molecule has 0 radical (unpaired) electrons. The average Bonchev–Trinajstić information content (AvgIpc) is 2.93. The largest absolute Gasteiger partial charge is 0.441 e. The van der Waals surface area contributed by atoms with Crippen molar-refractivity contribution in [2.45, 2.75) is 19.9 Å². The van der Waals surface area contributed by atoms with Crippen LogP contribution in [0.5, 0.6) is 0 Å². The van der Waals surface area contributed by atoms with Gasteiger partial charge in [-0.1, -0.05) is 6.07 Å². The molecule has 1 atom stereocenters. The number of carbonyl (C=O) groups excluding carboxylic acids is 1. The third-order valence-corrected chi connectivity index (χ3v) is 4.19. The summed E-state index contributed by atoms with van der Waals surface area (Å²) in [7, 11) is 1.80. The third-order valence-electron chi connectivity index (χ3n) is 3.37. The highest BCUT2D eigenvalue weighted by molar-refractivity contribution is 7.98. The average molecular weight is 319 g/mol. The lowest BCUT2D eigenvalue weighted by Gasteiger charge is -2.24. The van der Waals surface area contributed by atoms with E-state index < -0.39 is 0 Å². The number of urea groups is 1. The van der Waals surface area contributed by atoms with Crippen molar-refractivity contribution < 1.29 is 9.21 Å². The molecule has 1 heterocycles. The molecular formula is C16H21N3O2S. The van der Waals surface area contributed by atoms with Crippen molar-refractivity contribution in [3.8, 4) is 11.5 Å². The van der Waals surface area contributed by atoms with Crippen molar-refractivity contribution in [3.05, 3.63) is 36.2 Å². The van der Waals surface area contributed by atoms with Gasteiger partial charge in [0, 0.05) is 30.1 Å². The summed E-state index contributed by atoms with van der Waals surface area (Å²) < 4.78 is 5.51. The van der Waals surface area contributed by atoms with E-state index in [2.05, 4.69) is 10.3 Å². The molecule has 1 unspecified atom stereocenters. The predicted octanol–water partition coefficient (Wildman–Crippen LogP) is 3.87. The Morgan fingerprint density at radius 2 is 2.27 bits per heavy atom. The molecule has 0 saturated heterocycles. The van der Waals surface area contributed by atoms with Crippen LogP contribution in [-0.4, -0.2) is 41.0 Å². The number of thioether (sulfide) groups is 1. The second-order valence-electron chi connectivity index (χ2n) is 5.20. The van der Waals surface area contributed by atoms with Crippen LogP contribution >= 0.6 is 11.8 Å². The van der Waals surface area contributed by atoms with Gasteiger partial charge in [0.15, 0.2) is 0 Å². The lowest BCUT2D eigenvalue weighted by molar-refractivity contribution is 0.212. The maximum atomic E-state index is 12.2. The molecule has 1 aromatic heterocycles. The summed E-state index contributed by atoms with van der Waals surface area (Å²) in [6.45, 7) is 3.88. The lowest BCUT2D eigenvalue weighted by atomic mass is 10.2. The SMILES string of the molecule is CSCC(C)N(C)C(=O)Nc1cccc(-c2ncc(C)o2)c1. The van der Waals surface area contributed by atoms with E-state index >= 15 is 0 Å². The maximum Gasteiger partial charge on any atom is 0.321 e. The number of carbonyl (C=O) groups is 1. The van der Waals surface area contributed by atoms with E-state index in [4.69, 9.17) is 4.42 Å². The Hall–Kier alpha value is -1.95. The molecule has 118 valence electrons. The Labute approximate surface area is 135 Å². The zero-order valence-electron chi connectivity index (χ0n) is 13.3. The number of nitrogens with one attached hydrogen (secondary N) is 1. The highest BCUT2D eigenvalue weighted by atomic mass is 32.2. The fourth-order valence-electron chi connectivity index (χ4n) is 1.98. The first kappa shape index (κ1) is 16.4. The van der Waals surface area contributed by atoms with Crippen LogP contribution in [0.15, 0.2) is 34.9 Å². The minimum atomic E-state index is -0.123. The van der Waals surface area contributed by atoms with Gasteiger partial charge in [0.1, 0.15) is 5.76 Å². The van der Waals surface area contributed by atoms with Gasteiger partial charge in [-0.05, 0) is 38.3 Å². The number of amides is 2. The van der Waals surface area contributed by atoms with Gasteiger partial charge in [-0.3, -0.25) is 0 Å². The van der Waals surface area contributed by atoms with Crippen molar-refractivity contribution in [2.24, 2.45) is 0 Å². The van der Waals surface area contributed by atoms with Crippen molar-refractivity contribution in [3.63, 3.8) is 0 Å². The molecule has 0 saturated carbocycles. The Bertz CT molecular complexity index is 642. The number of anilines is 1. The van der Waals surface area contributed by atoms with Gasteiger partial charge >= 0.3 is 6.03 Å². The monoisotopic (exact) mass is 319 g/mol. The highest BCUT2D eigenvalue weighted by Gasteiger charge is 2.15. The van der Waals surface area contributed by atoms with E-state index in [9.17, 15) is 4.79 Å². The molecule has 2 amide bonds. The van der Waals surface area contributed by atoms with Crippen LogP contribution < -0.4 is 5.32 Å². The van der Waals surface area contributed by atoms with Gasteiger partial charge < -0.3 is 14.6 Å². The molecule has 0 fully saturated rings. The van der Waals surface area contributed by atoms with Crippen LogP contribution in [0, 0.1) is 6.92 Å². The molecule has 0 aliphatic carbocycles. The number of hydrogen-bond donors (Lipinski definition) is 1. The summed E-state index contributed by atoms with van der Waals surface area (Å²) in [6, 6.07) is 7.53. The van der Waals surface area contributed by atoms with E-state index in [1.54, 1.807) is 29.9 Å². The number of nitrogens with zero attached hydrogens (tertiary/aromatic N) is 2. The van der Waals surface area contributed by atoms with Crippen molar-refractivity contribution in [1.29, 1.82) is 0 Å². The lowest BCUT2D eigenvalue weighted by Crippen LogP contribution is -2.39. The Kier molecular flexibility index (Phi) is 5.49. The molecule has 0 bridgehead atoms. The zero-order chi connectivity index (χ0) is 16.1. The predicted molar refractivity (Wildman–Crippen MR) is 91.3 cm³/mol. The number of aromatic nitrogens is 1. The number of oxazole rings is 1. The Morgan fingerprint density at radius 1 is 1.50 bits per heavy atom. The molecule has 1 aromatic carbocycles. The van der Waals surface area contributed by atoms with E-state index in [0.29, 0.717) is 5.89 Å². The summed E-state index contributed by atoms with van der Waals surface area (Å²) in [5.74, 6) is 2.22. The normalized spacial score (nSPS) is 12.0. The fraction of sp³-hybridized carbons (Fsp3) is 0.375. The standard InChI is InChI=1S/C16H21N3O2S/c1-11(10-22-4)19(3)16(20)18-14-7-5-6-13(8-14)15-17-9-12(2)21-15/h5-9,11H,10H2,1-4H3,(H,18,20). The Balaban J connectivity index is 2.09. The number of benzene rings is 1. The number of hydrogen-bond acceptors (Lipinski definition) is 4. The van der Waals surface area contributed by atoms with Gasteiger partial charge in [-0.2, -0.15) is 11.8 Å². The number of aryl methyl sites for hydroxylation is 1. The van der Waals surface area contributed by atoms with Crippen molar-refractivity contribution in [2.75, 3.05) is 24.4 Å². The molecule has 22 heavy (non-hydrogen) atoms. The first-order chi connectivity index (χ1) is 10.5. The quantitative estimate of drug-likeness (QED) is 0.909. The zero-order valence-corrected chi connectivity index (χ0v) is 14.1. The molecular weight excluding hydrogens is 298 g/mol. The van der Waals surface area contributed by atoms with E-state index in [0.717, 1.165) is 22.8 Å². The molecule has 0 aliphatic heterocycles. The molecule has 0 aliphatic rings. The van der Waals surface area contributed by atoms with Crippen LogP contribution in [0.2, 0.25) is 0 Å². The van der Waals surface area contributed by atoms with Crippen LogP contribution in [0.3, 0.4) is 0 Å². The molecule has 1 N–H and O–H groups in total. The fourth-order valence-corrected chi connectivity index (χ4v) is 2.69. The van der Waals surface area contributed by atoms with Crippen LogP contribution in [-0.2, 0) is 0 Å². The molecule has 2 rings (SSSR count). The van der Waals surface area contributed by atoms with Gasteiger partial charge in [0.2, 0.25) is 5.89 Å². The second-order valence-corrected chi connectivity index (χ2v) is 6.11. The first-order valence-electron chi connectivity index (χ1n) is 7.07. The minimum absolute atomic E-state index is 0.123. The van der Waals surface area contributed by atoms with Crippen molar-refractivity contribution in [1.82, 2.24) is 9.88 Å². The van der Waals surface area contributed by atoms with Crippen molar-refractivity contribution >= 4 is 23.5 Å². The van der Waals surface area contributed by atoms with Crippen LogP contribution in [0.25, 0.3) is 11.5 Å². The van der Waals surface area contributed by atoms with Gasteiger partial charge in [0.05, 0.1) is 6.20 Å². The van der Waals surface area contributed by atoms with Gasteiger partial charge in [-0.25, -0.2) is 9.78 Å². The van der Waals surface area contributed by atoms with E-state index in [-0.39, 0.29) is 12.1 Å². The maximum absolute atomic E-state index is 12.2. The van der Waals surface area contributed by atoms with E-state index in [1.807, 2.05) is 44.4 Å². The second kappa shape index (κ2) is 7.35. The summed E-state index contributed by atoms with van der Waals surface area (Å²) in [5, 5.41) is 2.91. The summed E-state index contributed by atoms with van der Waals surface area (Å²) >= 11 is 1.72. The minimum Gasteiger partial charge on any atom is -0.441 e. The summed E-state index contributed by atoms with van der Waals surface area (Å²) in [6.07, 6.45) is 3.71. The van der Waals surface area contributed by atoms with Crippen LogP contribution in [0.1, 0.15) is 12.7 Å².